The van der Waals surface area contributed by atoms with Gasteiger partial charge in [-0.1, -0.05) is 6.07 Å². The maximum Gasteiger partial charge on any atom is 0.133 e. The molecular formula is C10H10BrNO2. The Morgan fingerprint density at radius 3 is 2.86 bits per heavy atom. The molecule has 0 saturated carbocycles. The molecule has 0 aliphatic carbocycles. The van der Waals surface area contributed by atoms with E-state index in [9.17, 15) is 5.11 Å². The molecule has 0 heterocycles. The van der Waals surface area contributed by atoms with Crippen molar-refractivity contribution in [1.29, 1.82) is 5.26 Å². The molecule has 1 N–H and O–H groups in total. The van der Waals surface area contributed by atoms with Crippen molar-refractivity contribution in [1.82, 2.24) is 0 Å². The van der Waals surface area contributed by atoms with Crippen LogP contribution in [0.25, 0.3) is 0 Å². The summed E-state index contributed by atoms with van der Waals surface area (Å²) in [6.07, 6.45) is -0.638. The molecule has 3 nitrogen and oxygen atoms in total. The highest BCUT2D eigenvalue weighted by Crippen LogP contribution is 2.28. The molecule has 1 unspecified atom stereocenters. The van der Waals surface area contributed by atoms with E-state index in [2.05, 4.69) is 15.9 Å². The van der Waals surface area contributed by atoms with Gasteiger partial charge in [0.15, 0.2) is 0 Å². The monoisotopic (exact) mass is 255 g/mol. The number of ether oxygens (including phenoxy) is 1. The number of hydrogen-bond acceptors (Lipinski definition) is 3. The standard InChI is InChI=1S/C10H10BrNO2/c1-14-10-3-2-7(6-8(10)11)9(13)4-5-12/h2-3,6,9,13H,4H2,1H3. The first kappa shape index (κ1) is 11.0. The Hall–Kier alpha value is -1.05. The first-order valence-electron chi connectivity index (χ1n) is 4.07. The summed E-state index contributed by atoms with van der Waals surface area (Å²) < 4.78 is 5.82. The summed E-state index contributed by atoms with van der Waals surface area (Å²) in [5.41, 5.74) is 0.708. The fraction of sp³-hybridized carbons (Fsp3) is 0.300. The van der Waals surface area contributed by atoms with E-state index in [1.54, 1.807) is 25.3 Å². The zero-order valence-electron chi connectivity index (χ0n) is 7.70. The summed E-state index contributed by atoms with van der Waals surface area (Å²) in [6.45, 7) is 0. The molecule has 0 aromatic heterocycles. The molecule has 14 heavy (non-hydrogen) atoms. The summed E-state index contributed by atoms with van der Waals surface area (Å²) in [4.78, 5) is 0. The molecule has 0 radical (unpaired) electrons. The smallest absolute Gasteiger partial charge is 0.133 e. The van der Waals surface area contributed by atoms with Crippen LogP contribution in [-0.4, -0.2) is 12.2 Å². The zero-order chi connectivity index (χ0) is 10.6. The third kappa shape index (κ3) is 2.47. The minimum absolute atomic E-state index is 0.0960. The van der Waals surface area contributed by atoms with Crippen LogP contribution >= 0.6 is 15.9 Å². The van der Waals surface area contributed by atoms with E-state index in [1.807, 2.05) is 6.07 Å². The number of aliphatic hydroxyl groups is 1. The summed E-state index contributed by atoms with van der Waals surface area (Å²) in [7, 11) is 1.57. The molecule has 4 heteroatoms. The molecular weight excluding hydrogens is 246 g/mol. The van der Waals surface area contributed by atoms with Crippen LogP contribution in [0, 0.1) is 11.3 Å². The quantitative estimate of drug-likeness (QED) is 0.903. The zero-order valence-corrected chi connectivity index (χ0v) is 9.28. The Morgan fingerprint density at radius 2 is 2.36 bits per heavy atom. The van der Waals surface area contributed by atoms with Gasteiger partial charge in [-0.3, -0.25) is 0 Å². The topological polar surface area (TPSA) is 53.2 Å². The Labute approximate surface area is 91.1 Å². The average Bonchev–Trinajstić information content (AvgIpc) is 2.18. The normalized spacial score (nSPS) is 11.9. The van der Waals surface area contributed by atoms with Crippen LogP contribution in [0.2, 0.25) is 0 Å². The third-order valence-corrected chi connectivity index (χ3v) is 2.46. The van der Waals surface area contributed by atoms with Crippen molar-refractivity contribution in [3.63, 3.8) is 0 Å². The molecule has 0 bridgehead atoms. The van der Waals surface area contributed by atoms with Gasteiger partial charge in [-0.25, -0.2) is 0 Å². The van der Waals surface area contributed by atoms with Gasteiger partial charge in [0, 0.05) is 0 Å². The third-order valence-electron chi connectivity index (χ3n) is 1.85. The van der Waals surface area contributed by atoms with Crippen LogP contribution in [-0.2, 0) is 0 Å². The lowest BCUT2D eigenvalue weighted by atomic mass is 10.1. The highest BCUT2D eigenvalue weighted by atomic mass is 79.9. The van der Waals surface area contributed by atoms with Gasteiger partial charge in [0.2, 0.25) is 0 Å². The molecule has 0 fully saturated rings. The van der Waals surface area contributed by atoms with Gasteiger partial charge >= 0.3 is 0 Å². The average molecular weight is 256 g/mol. The molecule has 1 aromatic rings. The second-order valence-electron chi connectivity index (χ2n) is 2.77. The van der Waals surface area contributed by atoms with Crippen molar-refractivity contribution in [2.45, 2.75) is 12.5 Å². The summed E-state index contributed by atoms with van der Waals surface area (Å²) in [6, 6.07) is 7.16. The van der Waals surface area contributed by atoms with Crippen molar-refractivity contribution in [2.75, 3.05) is 7.11 Å². The number of aliphatic hydroxyl groups excluding tert-OH is 1. The Morgan fingerprint density at radius 1 is 1.64 bits per heavy atom. The van der Waals surface area contributed by atoms with Gasteiger partial charge in [-0.05, 0) is 33.6 Å². The van der Waals surface area contributed by atoms with Crippen LogP contribution in [0.3, 0.4) is 0 Å². The minimum Gasteiger partial charge on any atom is -0.496 e. The second-order valence-corrected chi connectivity index (χ2v) is 3.63. The molecule has 1 aromatic carbocycles. The SMILES string of the molecule is COc1ccc(C(O)CC#N)cc1Br. The molecule has 0 spiro atoms. The van der Waals surface area contributed by atoms with Crippen molar-refractivity contribution in [3.8, 4) is 11.8 Å². The minimum atomic E-state index is -0.734. The van der Waals surface area contributed by atoms with E-state index in [0.717, 1.165) is 4.47 Å². The lowest BCUT2D eigenvalue weighted by Gasteiger charge is -2.09. The lowest BCUT2D eigenvalue weighted by molar-refractivity contribution is 0.183. The largest absolute Gasteiger partial charge is 0.496 e. The predicted octanol–water partition coefficient (Wildman–Crippen LogP) is 2.40. The number of halogens is 1. The van der Waals surface area contributed by atoms with Crippen molar-refractivity contribution < 1.29 is 9.84 Å². The van der Waals surface area contributed by atoms with Gasteiger partial charge in [0.1, 0.15) is 5.75 Å². The number of hydrogen-bond donors (Lipinski definition) is 1. The van der Waals surface area contributed by atoms with Crippen molar-refractivity contribution >= 4 is 15.9 Å². The fourth-order valence-electron chi connectivity index (χ4n) is 1.09. The van der Waals surface area contributed by atoms with Crippen LogP contribution in [0.1, 0.15) is 18.1 Å². The number of nitrogens with zero attached hydrogens (tertiary/aromatic N) is 1. The molecule has 1 atom stereocenters. The van der Waals surface area contributed by atoms with Gasteiger partial charge in [-0.2, -0.15) is 5.26 Å². The number of methoxy groups -OCH3 is 1. The van der Waals surface area contributed by atoms with Crippen LogP contribution in [0.5, 0.6) is 5.75 Å². The highest BCUT2D eigenvalue weighted by Gasteiger charge is 2.09. The predicted molar refractivity (Wildman–Crippen MR) is 55.9 cm³/mol. The lowest BCUT2D eigenvalue weighted by Crippen LogP contribution is -1.96. The Bertz CT molecular complexity index is 360. The first-order valence-corrected chi connectivity index (χ1v) is 4.86. The second kappa shape index (κ2) is 4.99. The van der Waals surface area contributed by atoms with E-state index in [0.29, 0.717) is 11.3 Å². The molecule has 74 valence electrons. The van der Waals surface area contributed by atoms with E-state index in [1.165, 1.54) is 0 Å². The molecule has 0 aliphatic rings. The van der Waals surface area contributed by atoms with E-state index < -0.39 is 6.10 Å². The van der Waals surface area contributed by atoms with E-state index in [-0.39, 0.29) is 6.42 Å². The van der Waals surface area contributed by atoms with Gasteiger partial charge in [0.05, 0.1) is 30.2 Å². The maximum atomic E-state index is 9.52. The van der Waals surface area contributed by atoms with Gasteiger partial charge < -0.3 is 9.84 Å². The number of benzene rings is 1. The van der Waals surface area contributed by atoms with Crippen molar-refractivity contribution in [2.24, 2.45) is 0 Å². The van der Waals surface area contributed by atoms with Gasteiger partial charge in [0.25, 0.3) is 0 Å². The highest BCUT2D eigenvalue weighted by molar-refractivity contribution is 9.10. The maximum absolute atomic E-state index is 9.52. The fourth-order valence-corrected chi connectivity index (χ4v) is 1.65. The molecule has 0 saturated heterocycles. The Balaban J connectivity index is 2.92. The van der Waals surface area contributed by atoms with Crippen LogP contribution in [0.15, 0.2) is 22.7 Å². The van der Waals surface area contributed by atoms with Crippen LogP contribution < -0.4 is 4.74 Å². The summed E-state index contributed by atoms with van der Waals surface area (Å²) >= 11 is 3.31. The Kier molecular flexibility index (Phi) is 3.93. The van der Waals surface area contributed by atoms with E-state index >= 15 is 0 Å². The number of nitriles is 1. The molecule has 0 amide bonds. The first-order chi connectivity index (χ1) is 6.69. The summed E-state index contributed by atoms with van der Waals surface area (Å²) in [5, 5.41) is 17.9. The van der Waals surface area contributed by atoms with Crippen molar-refractivity contribution in [3.05, 3.63) is 28.2 Å². The van der Waals surface area contributed by atoms with Crippen LogP contribution in [0.4, 0.5) is 0 Å². The number of rotatable bonds is 3. The molecule has 0 aliphatic heterocycles. The molecule has 1 rings (SSSR count). The van der Waals surface area contributed by atoms with E-state index in [4.69, 9.17) is 10.00 Å². The summed E-state index contributed by atoms with van der Waals surface area (Å²) in [5.74, 6) is 0.706. The van der Waals surface area contributed by atoms with Gasteiger partial charge in [-0.15, -0.1) is 0 Å².